The molecule has 0 fully saturated rings. The number of nitrogens with zero attached hydrogens (tertiary/aromatic N) is 1. The highest BCUT2D eigenvalue weighted by atomic mass is 35.5. The van der Waals surface area contributed by atoms with Gasteiger partial charge >= 0.3 is 0 Å². The van der Waals surface area contributed by atoms with Crippen LogP contribution < -0.4 is 5.32 Å². The number of hydrogen-bond acceptors (Lipinski definition) is 3. The van der Waals surface area contributed by atoms with Crippen molar-refractivity contribution in [3.8, 4) is 0 Å². The molecule has 7 heteroatoms. The van der Waals surface area contributed by atoms with Gasteiger partial charge in [0, 0.05) is 27.5 Å². The molecule has 0 bridgehead atoms. The fourth-order valence-electron chi connectivity index (χ4n) is 2.74. The standard InChI is InChI=1S/C23H28Cl2N2O2S/c1-5-16(3)26-23(29)17(4)27(13-18-8-9-19(24)12-21(18)25)22(28)14-30-20-10-6-15(2)7-11-20/h6-12,16-17H,5,13-14H2,1-4H3,(H,26,29)/t16-,17-/m1/s1. The van der Waals surface area contributed by atoms with Gasteiger partial charge in [0.1, 0.15) is 6.04 Å². The highest BCUT2D eigenvalue weighted by Crippen LogP contribution is 2.25. The van der Waals surface area contributed by atoms with Crippen LogP contribution in [-0.4, -0.2) is 34.6 Å². The van der Waals surface area contributed by atoms with Crippen molar-refractivity contribution in [3.63, 3.8) is 0 Å². The van der Waals surface area contributed by atoms with Gasteiger partial charge in [0.15, 0.2) is 0 Å². The summed E-state index contributed by atoms with van der Waals surface area (Å²) in [5, 5.41) is 3.96. The Morgan fingerprint density at radius 3 is 2.37 bits per heavy atom. The molecule has 2 amide bonds. The van der Waals surface area contributed by atoms with Gasteiger partial charge in [0.2, 0.25) is 11.8 Å². The summed E-state index contributed by atoms with van der Waals surface area (Å²) >= 11 is 13.8. The molecule has 2 aromatic rings. The summed E-state index contributed by atoms with van der Waals surface area (Å²) < 4.78 is 0. The molecule has 0 aromatic heterocycles. The number of amides is 2. The molecule has 0 unspecified atom stereocenters. The van der Waals surface area contributed by atoms with Crippen LogP contribution in [0.3, 0.4) is 0 Å². The average Bonchev–Trinajstić information content (AvgIpc) is 2.72. The van der Waals surface area contributed by atoms with E-state index in [1.54, 1.807) is 30.0 Å². The van der Waals surface area contributed by atoms with Gasteiger partial charge in [-0.3, -0.25) is 9.59 Å². The summed E-state index contributed by atoms with van der Waals surface area (Å²) in [6, 6.07) is 12.6. The van der Waals surface area contributed by atoms with Crippen LogP contribution in [0.25, 0.3) is 0 Å². The van der Waals surface area contributed by atoms with Crippen LogP contribution in [0.1, 0.15) is 38.3 Å². The van der Waals surface area contributed by atoms with Crippen LogP contribution in [-0.2, 0) is 16.1 Å². The maximum Gasteiger partial charge on any atom is 0.242 e. The zero-order valence-corrected chi connectivity index (χ0v) is 20.1. The Morgan fingerprint density at radius 1 is 1.10 bits per heavy atom. The number of hydrogen-bond donors (Lipinski definition) is 1. The Hall–Kier alpha value is -1.69. The number of benzene rings is 2. The smallest absolute Gasteiger partial charge is 0.242 e. The minimum atomic E-state index is -0.628. The van der Waals surface area contributed by atoms with Gasteiger partial charge in [-0.25, -0.2) is 0 Å². The van der Waals surface area contributed by atoms with E-state index in [1.807, 2.05) is 45.0 Å². The van der Waals surface area contributed by atoms with Crippen LogP contribution in [0.15, 0.2) is 47.4 Å². The third-order valence-electron chi connectivity index (χ3n) is 4.91. The summed E-state index contributed by atoms with van der Waals surface area (Å²) in [6.07, 6.45) is 0.818. The lowest BCUT2D eigenvalue weighted by atomic mass is 10.1. The van der Waals surface area contributed by atoms with Crippen LogP contribution in [0.5, 0.6) is 0 Å². The van der Waals surface area contributed by atoms with Crippen LogP contribution in [0, 0.1) is 6.92 Å². The van der Waals surface area contributed by atoms with Crippen LogP contribution >= 0.6 is 35.0 Å². The van der Waals surface area contributed by atoms with Crippen molar-refractivity contribution in [1.82, 2.24) is 10.2 Å². The Kier molecular flexibility index (Phi) is 9.53. The Morgan fingerprint density at radius 2 is 1.77 bits per heavy atom. The van der Waals surface area contributed by atoms with Crippen molar-refractivity contribution in [1.29, 1.82) is 0 Å². The zero-order chi connectivity index (χ0) is 22.3. The maximum absolute atomic E-state index is 13.1. The first-order chi connectivity index (χ1) is 14.2. The fraction of sp³-hybridized carbons (Fsp3) is 0.391. The Labute approximate surface area is 193 Å². The minimum Gasteiger partial charge on any atom is -0.352 e. The summed E-state index contributed by atoms with van der Waals surface area (Å²) in [5.74, 6) is -0.0728. The maximum atomic E-state index is 13.1. The van der Waals surface area contributed by atoms with Crippen LogP contribution in [0.4, 0.5) is 0 Å². The molecule has 162 valence electrons. The second-order valence-electron chi connectivity index (χ2n) is 7.35. The number of halogens is 2. The third kappa shape index (κ3) is 7.22. The molecule has 0 heterocycles. The van der Waals surface area contributed by atoms with Crippen LogP contribution in [0.2, 0.25) is 10.0 Å². The number of aryl methyl sites for hydroxylation is 1. The van der Waals surface area contributed by atoms with E-state index in [-0.39, 0.29) is 30.2 Å². The van der Waals surface area contributed by atoms with Gasteiger partial charge in [0.05, 0.1) is 5.75 Å². The van der Waals surface area contributed by atoms with Crippen molar-refractivity contribution in [3.05, 3.63) is 63.6 Å². The molecular formula is C23H28Cl2N2O2S. The first-order valence-corrected chi connectivity index (χ1v) is 11.7. The lowest BCUT2D eigenvalue weighted by molar-refractivity contribution is -0.138. The fourth-order valence-corrected chi connectivity index (χ4v) is 4.00. The van der Waals surface area contributed by atoms with Gasteiger partial charge in [0.25, 0.3) is 0 Å². The highest BCUT2D eigenvalue weighted by molar-refractivity contribution is 8.00. The van der Waals surface area contributed by atoms with Crippen molar-refractivity contribution < 1.29 is 9.59 Å². The van der Waals surface area contributed by atoms with Crippen molar-refractivity contribution in [2.24, 2.45) is 0 Å². The van der Waals surface area contributed by atoms with E-state index >= 15 is 0 Å². The van der Waals surface area contributed by atoms with E-state index in [4.69, 9.17) is 23.2 Å². The van der Waals surface area contributed by atoms with E-state index in [2.05, 4.69) is 5.32 Å². The first kappa shape index (κ1) is 24.6. The second kappa shape index (κ2) is 11.6. The normalized spacial score (nSPS) is 12.9. The largest absolute Gasteiger partial charge is 0.352 e. The predicted molar refractivity (Wildman–Crippen MR) is 126 cm³/mol. The SMILES string of the molecule is CC[C@@H](C)NC(=O)[C@@H](C)N(Cc1ccc(Cl)cc1Cl)C(=O)CSc1ccc(C)cc1. The van der Waals surface area contributed by atoms with E-state index in [9.17, 15) is 9.59 Å². The molecular weight excluding hydrogens is 439 g/mol. The monoisotopic (exact) mass is 466 g/mol. The Balaban J connectivity index is 2.18. The molecule has 4 nitrogen and oxygen atoms in total. The summed E-state index contributed by atoms with van der Waals surface area (Å²) in [6.45, 7) is 7.95. The van der Waals surface area contributed by atoms with E-state index < -0.39 is 6.04 Å². The molecule has 0 radical (unpaired) electrons. The van der Waals surface area contributed by atoms with Crippen molar-refractivity contribution in [2.75, 3.05) is 5.75 Å². The topological polar surface area (TPSA) is 49.4 Å². The first-order valence-electron chi connectivity index (χ1n) is 9.94. The van der Waals surface area contributed by atoms with Gasteiger partial charge in [-0.05, 0) is 57.0 Å². The van der Waals surface area contributed by atoms with Gasteiger partial charge in [-0.15, -0.1) is 11.8 Å². The molecule has 2 aromatic carbocycles. The van der Waals surface area contributed by atoms with E-state index in [1.165, 1.54) is 17.3 Å². The molecule has 2 rings (SSSR count). The summed E-state index contributed by atoms with van der Waals surface area (Å²) in [4.78, 5) is 28.4. The summed E-state index contributed by atoms with van der Waals surface area (Å²) in [7, 11) is 0. The molecule has 0 aliphatic carbocycles. The number of rotatable bonds is 9. The molecule has 1 N–H and O–H groups in total. The minimum absolute atomic E-state index is 0.0398. The van der Waals surface area contributed by atoms with Crippen molar-refractivity contribution in [2.45, 2.75) is 57.6 Å². The third-order valence-corrected chi connectivity index (χ3v) is 6.49. The van der Waals surface area contributed by atoms with E-state index in [0.717, 1.165) is 16.9 Å². The lowest BCUT2D eigenvalue weighted by Gasteiger charge is -2.30. The Bertz CT molecular complexity index is 874. The number of carbonyl (C=O) groups excluding carboxylic acids is 2. The number of thioether (sulfide) groups is 1. The molecule has 30 heavy (non-hydrogen) atoms. The highest BCUT2D eigenvalue weighted by Gasteiger charge is 2.27. The summed E-state index contributed by atoms with van der Waals surface area (Å²) in [5.41, 5.74) is 1.91. The van der Waals surface area contributed by atoms with Gasteiger partial charge in [-0.1, -0.05) is 53.9 Å². The molecule has 0 aliphatic rings. The molecule has 0 aliphatic heterocycles. The molecule has 0 spiro atoms. The molecule has 0 saturated heterocycles. The second-order valence-corrected chi connectivity index (χ2v) is 9.25. The van der Waals surface area contributed by atoms with Gasteiger partial charge < -0.3 is 10.2 Å². The van der Waals surface area contributed by atoms with Crippen molar-refractivity contribution >= 4 is 46.8 Å². The number of carbonyl (C=O) groups is 2. The number of nitrogens with one attached hydrogen (secondary N) is 1. The predicted octanol–water partition coefficient (Wildman–Crippen LogP) is 5.73. The van der Waals surface area contributed by atoms with E-state index in [0.29, 0.717) is 10.0 Å². The average molecular weight is 467 g/mol. The zero-order valence-electron chi connectivity index (χ0n) is 17.7. The molecule has 2 atom stereocenters. The quantitative estimate of drug-likeness (QED) is 0.480. The lowest BCUT2D eigenvalue weighted by Crippen LogP contribution is -2.50. The van der Waals surface area contributed by atoms with Gasteiger partial charge in [-0.2, -0.15) is 0 Å². The molecule has 0 saturated carbocycles.